The Kier molecular flexibility index (Phi) is 3.78. The summed E-state index contributed by atoms with van der Waals surface area (Å²) >= 11 is 0. The maximum Gasteiger partial charge on any atom is 0.135 e. The Hall–Kier alpha value is -1.36. The third-order valence-electron chi connectivity index (χ3n) is 2.85. The van der Waals surface area contributed by atoms with Crippen LogP contribution < -0.4 is 11.1 Å². The van der Waals surface area contributed by atoms with Gasteiger partial charge in [-0.3, -0.25) is 0 Å². The van der Waals surface area contributed by atoms with Crippen molar-refractivity contribution in [2.75, 3.05) is 24.3 Å². The van der Waals surface area contributed by atoms with Crippen LogP contribution in [0.2, 0.25) is 0 Å². The van der Waals surface area contributed by atoms with E-state index in [4.69, 9.17) is 10.5 Å². The molecule has 0 spiro atoms. The smallest absolute Gasteiger partial charge is 0.135 e. The zero-order valence-corrected chi connectivity index (χ0v) is 10.4. The van der Waals surface area contributed by atoms with Gasteiger partial charge >= 0.3 is 0 Å². The molecule has 0 amide bonds. The lowest BCUT2D eigenvalue weighted by atomic mass is 10.1. The molecule has 1 aliphatic heterocycles. The topological polar surface area (TPSA) is 73.1 Å². The van der Waals surface area contributed by atoms with E-state index in [9.17, 15) is 0 Å². The van der Waals surface area contributed by atoms with Crippen LogP contribution in [0, 0.1) is 0 Å². The van der Waals surface area contributed by atoms with E-state index in [1.165, 1.54) is 0 Å². The average molecular weight is 236 g/mol. The Morgan fingerprint density at radius 3 is 2.71 bits per heavy atom. The first-order chi connectivity index (χ1) is 8.15. The van der Waals surface area contributed by atoms with E-state index in [-0.39, 0.29) is 5.92 Å². The maximum absolute atomic E-state index is 5.79. The second-order valence-corrected chi connectivity index (χ2v) is 4.72. The molecular weight excluding hydrogens is 216 g/mol. The number of aromatic nitrogens is 2. The quantitative estimate of drug-likeness (QED) is 0.836. The predicted octanol–water partition coefficient (Wildman–Crippen LogP) is 1.77. The molecule has 0 aliphatic carbocycles. The van der Waals surface area contributed by atoms with Crippen LogP contribution in [0.1, 0.15) is 38.4 Å². The van der Waals surface area contributed by atoms with Gasteiger partial charge in [0.15, 0.2) is 0 Å². The Bertz CT molecular complexity index is 375. The first kappa shape index (κ1) is 12.1. The summed E-state index contributed by atoms with van der Waals surface area (Å²) in [6.45, 7) is 5.75. The number of nitrogens with two attached hydrogens (primary N) is 1. The summed E-state index contributed by atoms with van der Waals surface area (Å²) in [5.74, 6) is 2.43. The van der Waals surface area contributed by atoms with Crippen LogP contribution in [0.3, 0.4) is 0 Å². The summed E-state index contributed by atoms with van der Waals surface area (Å²) in [5.41, 5.74) is 5.79. The maximum atomic E-state index is 5.79. The lowest BCUT2D eigenvalue weighted by Gasteiger charge is -2.24. The van der Waals surface area contributed by atoms with Crippen LogP contribution in [0.15, 0.2) is 6.07 Å². The fraction of sp³-hybridized carbons (Fsp3) is 0.667. The van der Waals surface area contributed by atoms with Crippen molar-refractivity contribution < 1.29 is 4.74 Å². The molecule has 5 heteroatoms. The van der Waals surface area contributed by atoms with E-state index in [1.54, 1.807) is 6.07 Å². The van der Waals surface area contributed by atoms with Crippen molar-refractivity contribution in [3.05, 3.63) is 11.9 Å². The zero-order chi connectivity index (χ0) is 12.3. The number of rotatable bonds is 3. The minimum Gasteiger partial charge on any atom is -0.384 e. The van der Waals surface area contributed by atoms with Crippen LogP contribution in [0.4, 0.5) is 11.6 Å². The molecule has 1 aromatic heterocycles. The first-order valence-corrected chi connectivity index (χ1v) is 6.14. The normalized spacial score (nSPS) is 17.4. The van der Waals surface area contributed by atoms with Crippen LogP contribution in [-0.2, 0) is 4.74 Å². The molecular formula is C12H20N4O. The first-order valence-electron chi connectivity index (χ1n) is 6.14. The summed E-state index contributed by atoms with van der Waals surface area (Å²) in [6.07, 6.45) is 2.03. The van der Waals surface area contributed by atoms with Crippen molar-refractivity contribution in [1.29, 1.82) is 0 Å². The summed E-state index contributed by atoms with van der Waals surface area (Å²) in [6, 6.07) is 2.22. The molecule has 0 unspecified atom stereocenters. The van der Waals surface area contributed by atoms with Gasteiger partial charge in [0.1, 0.15) is 17.5 Å². The average Bonchev–Trinajstić information content (AvgIpc) is 2.29. The molecule has 0 bridgehead atoms. The fourth-order valence-electron chi connectivity index (χ4n) is 1.87. The standard InChI is InChI=1S/C12H20N4O/c1-8(2)12-15-10(13)7-11(16-12)14-9-3-5-17-6-4-9/h7-9H,3-6H2,1-2H3,(H3,13,14,15,16). The Morgan fingerprint density at radius 1 is 1.35 bits per heavy atom. The van der Waals surface area contributed by atoms with E-state index < -0.39 is 0 Å². The number of anilines is 2. The van der Waals surface area contributed by atoms with Crippen LogP contribution in [-0.4, -0.2) is 29.2 Å². The van der Waals surface area contributed by atoms with Gasteiger partial charge in [0.25, 0.3) is 0 Å². The lowest BCUT2D eigenvalue weighted by Crippen LogP contribution is -2.28. The van der Waals surface area contributed by atoms with Gasteiger partial charge in [-0.1, -0.05) is 13.8 Å². The van der Waals surface area contributed by atoms with Gasteiger partial charge in [0, 0.05) is 31.2 Å². The highest BCUT2D eigenvalue weighted by Gasteiger charge is 2.15. The number of hydrogen-bond acceptors (Lipinski definition) is 5. The largest absolute Gasteiger partial charge is 0.384 e. The molecule has 0 aromatic carbocycles. The molecule has 0 atom stereocenters. The number of nitrogens with zero attached hydrogens (tertiary/aromatic N) is 2. The SMILES string of the molecule is CC(C)c1nc(N)cc(NC2CCOCC2)n1. The van der Waals surface area contributed by atoms with Crippen LogP contribution in [0.5, 0.6) is 0 Å². The second-order valence-electron chi connectivity index (χ2n) is 4.72. The molecule has 1 fully saturated rings. The van der Waals surface area contributed by atoms with Crippen molar-refractivity contribution in [1.82, 2.24) is 9.97 Å². The summed E-state index contributed by atoms with van der Waals surface area (Å²) in [7, 11) is 0. The van der Waals surface area contributed by atoms with Gasteiger partial charge in [-0.05, 0) is 12.8 Å². The van der Waals surface area contributed by atoms with Crippen molar-refractivity contribution in [3.8, 4) is 0 Å². The Balaban J connectivity index is 2.09. The summed E-state index contributed by atoms with van der Waals surface area (Å²) in [4.78, 5) is 8.71. The van der Waals surface area contributed by atoms with Crippen molar-refractivity contribution >= 4 is 11.6 Å². The molecule has 2 heterocycles. The molecule has 94 valence electrons. The molecule has 17 heavy (non-hydrogen) atoms. The highest BCUT2D eigenvalue weighted by molar-refractivity contribution is 5.45. The number of hydrogen-bond donors (Lipinski definition) is 2. The molecule has 3 N–H and O–H groups in total. The van der Waals surface area contributed by atoms with Gasteiger partial charge in [0.2, 0.25) is 0 Å². The van der Waals surface area contributed by atoms with Crippen molar-refractivity contribution in [2.45, 2.75) is 38.6 Å². The Morgan fingerprint density at radius 2 is 2.06 bits per heavy atom. The van der Waals surface area contributed by atoms with Crippen molar-refractivity contribution in [3.63, 3.8) is 0 Å². The monoisotopic (exact) mass is 236 g/mol. The van der Waals surface area contributed by atoms with E-state index >= 15 is 0 Å². The molecule has 2 rings (SSSR count). The Labute approximate surface area is 102 Å². The number of nitrogens with one attached hydrogen (secondary N) is 1. The number of nitrogen functional groups attached to an aromatic ring is 1. The summed E-state index contributed by atoms with van der Waals surface area (Å²) < 4.78 is 5.33. The second kappa shape index (κ2) is 5.31. The fourth-order valence-corrected chi connectivity index (χ4v) is 1.87. The third kappa shape index (κ3) is 3.30. The minimum atomic E-state index is 0.286. The van der Waals surface area contributed by atoms with E-state index in [2.05, 4.69) is 29.1 Å². The van der Waals surface area contributed by atoms with E-state index in [0.29, 0.717) is 11.9 Å². The molecule has 1 aliphatic rings. The molecule has 0 saturated carbocycles. The number of ether oxygens (including phenoxy) is 1. The van der Waals surface area contributed by atoms with Gasteiger partial charge < -0.3 is 15.8 Å². The van der Waals surface area contributed by atoms with Gasteiger partial charge in [-0.25, -0.2) is 9.97 Å². The minimum absolute atomic E-state index is 0.286. The molecule has 5 nitrogen and oxygen atoms in total. The molecule has 1 aromatic rings. The van der Waals surface area contributed by atoms with Gasteiger partial charge in [-0.2, -0.15) is 0 Å². The predicted molar refractivity (Wildman–Crippen MR) is 68.0 cm³/mol. The molecule has 0 radical (unpaired) electrons. The summed E-state index contributed by atoms with van der Waals surface area (Å²) in [5, 5.41) is 3.41. The van der Waals surface area contributed by atoms with Gasteiger partial charge in [-0.15, -0.1) is 0 Å². The lowest BCUT2D eigenvalue weighted by molar-refractivity contribution is 0.0904. The third-order valence-corrected chi connectivity index (χ3v) is 2.85. The van der Waals surface area contributed by atoms with Crippen LogP contribution >= 0.6 is 0 Å². The highest BCUT2D eigenvalue weighted by Crippen LogP contribution is 2.18. The van der Waals surface area contributed by atoms with E-state index in [0.717, 1.165) is 37.7 Å². The highest BCUT2D eigenvalue weighted by atomic mass is 16.5. The van der Waals surface area contributed by atoms with Gasteiger partial charge in [0.05, 0.1) is 0 Å². The van der Waals surface area contributed by atoms with E-state index in [1.807, 2.05) is 0 Å². The molecule has 1 saturated heterocycles. The van der Waals surface area contributed by atoms with Crippen LogP contribution in [0.25, 0.3) is 0 Å². The van der Waals surface area contributed by atoms with Crippen molar-refractivity contribution in [2.24, 2.45) is 0 Å². The zero-order valence-electron chi connectivity index (χ0n) is 10.4.